The third-order valence-corrected chi connectivity index (χ3v) is 4.36. The summed E-state index contributed by atoms with van der Waals surface area (Å²) in [5.74, 6) is 0.150. The van der Waals surface area contributed by atoms with Crippen LogP contribution in [0, 0.1) is 5.92 Å². The number of carbonyl (C=O) groups is 1. The van der Waals surface area contributed by atoms with E-state index in [-0.39, 0.29) is 12.1 Å². The number of carbonyl (C=O) groups excluding carboxylic acids is 1. The molecule has 0 aliphatic carbocycles. The maximum absolute atomic E-state index is 12.2. The molecule has 3 nitrogen and oxygen atoms in total. The Kier molecular flexibility index (Phi) is 5.78. The van der Waals surface area contributed by atoms with Crippen molar-refractivity contribution in [3.05, 3.63) is 47.5 Å². The fourth-order valence-corrected chi connectivity index (χ4v) is 2.88. The first kappa shape index (κ1) is 16.8. The van der Waals surface area contributed by atoms with Gasteiger partial charge in [-0.2, -0.15) is 0 Å². The minimum absolute atomic E-state index is 0.00524. The summed E-state index contributed by atoms with van der Waals surface area (Å²) < 4.78 is 5.75. The summed E-state index contributed by atoms with van der Waals surface area (Å²) in [6.45, 7) is 10.6. The van der Waals surface area contributed by atoms with Crippen molar-refractivity contribution in [3.63, 3.8) is 0 Å². The lowest BCUT2D eigenvalue weighted by molar-refractivity contribution is -0.0229. The van der Waals surface area contributed by atoms with E-state index < -0.39 is 0 Å². The molecule has 0 aromatic heterocycles. The summed E-state index contributed by atoms with van der Waals surface area (Å²) >= 11 is 0. The van der Waals surface area contributed by atoms with Gasteiger partial charge in [-0.1, -0.05) is 36.8 Å². The van der Waals surface area contributed by atoms with Crippen molar-refractivity contribution in [2.75, 3.05) is 13.1 Å². The molecular formula is C19H27NO2. The highest BCUT2D eigenvalue weighted by molar-refractivity contribution is 5.89. The van der Waals surface area contributed by atoms with Gasteiger partial charge in [-0.3, -0.25) is 4.90 Å². The van der Waals surface area contributed by atoms with Gasteiger partial charge in [0, 0.05) is 31.5 Å². The highest BCUT2D eigenvalue weighted by Gasteiger charge is 2.33. The summed E-state index contributed by atoms with van der Waals surface area (Å²) in [4.78, 5) is 14.7. The molecule has 120 valence electrons. The van der Waals surface area contributed by atoms with Crippen molar-refractivity contribution in [3.8, 4) is 0 Å². The van der Waals surface area contributed by atoms with E-state index in [0.717, 1.165) is 19.5 Å². The monoisotopic (exact) mass is 301 g/mol. The molecular weight excluding hydrogens is 274 g/mol. The summed E-state index contributed by atoms with van der Waals surface area (Å²) in [6.07, 6.45) is 3.17. The van der Waals surface area contributed by atoms with Crippen LogP contribution in [0.25, 0.3) is 0 Å². The molecule has 3 heteroatoms. The molecule has 0 spiro atoms. The Morgan fingerprint density at radius 3 is 2.59 bits per heavy atom. The molecule has 1 heterocycles. The minimum Gasteiger partial charge on any atom is -0.458 e. The predicted octanol–water partition coefficient (Wildman–Crippen LogP) is 3.91. The van der Waals surface area contributed by atoms with E-state index in [4.69, 9.17) is 4.74 Å². The SMILES string of the molecule is CC(C)=CCN1CC(C)C(OC(=O)c2ccccc2)CC1C. The predicted molar refractivity (Wildman–Crippen MR) is 89.9 cm³/mol. The van der Waals surface area contributed by atoms with Gasteiger partial charge in [0.2, 0.25) is 0 Å². The Hall–Kier alpha value is -1.61. The van der Waals surface area contributed by atoms with Crippen molar-refractivity contribution in [2.24, 2.45) is 5.92 Å². The van der Waals surface area contributed by atoms with Gasteiger partial charge in [-0.05, 0) is 32.9 Å². The van der Waals surface area contributed by atoms with E-state index in [0.29, 0.717) is 17.5 Å². The lowest BCUT2D eigenvalue weighted by atomic mass is 9.91. The van der Waals surface area contributed by atoms with Gasteiger partial charge >= 0.3 is 5.97 Å². The molecule has 1 aliphatic rings. The van der Waals surface area contributed by atoms with Gasteiger partial charge < -0.3 is 4.74 Å². The van der Waals surface area contributed by atoms with E-state index in [1.807, 2.05) is 18.2 Å². The number of piperidine rings is 1. The van der Waals surface area contributed by atoms with Crippen LogP contribution in [0.1, 0.15) is 44.5 Å². The van der Waals surface area contributed by atoms with Gasteiger partial charge in [-0.15, -0.1) is 0 Å². The summed E-state index contributed by atoms with van der Waals surface area (Å²) in [6, 6.07) is 9.68. The van der Waals surface area contributed by atoms with Crippen LogP contribution in [0.2, 0.25) is 0 Å². The molecule has 0 radical (unpaired) electrons. The van der Waals surface area contributed by atoms with Crippen LogP contribution in [0.15, 0.2) is 42.0 Å². The molecule has 1 fully saturated rings. The minimum atomic E-state index is -0.206. The Morgan fingerprint density at radius 2 is 1.95 bits per heavy atom. The van der Waals surface area contributed by atoms with Crippen LogP contribution in [-0.4, -0.2) is 36.1 Å². The standard InChI is InChI=1S/C19H27NO2/c1-14(2)10-11-20-13-15(3)18(12-16(20)4)22-19(21)17-8-6-5-7-9-17/h5-10,15-16,18H,11-13H2,1-4H3. The number of allylic oxidation sites excluding steroid dienone is 1. The maximum atomic E-state index is 12.2. The van der Waals surface area contributed by atoms with E-state index in [2.05, 4.69) is 38.7 Å². The number of likely N-dealkylation sites (tertiary alicyclic amines) is 1. The third-order valence-electron chi connectivity index (χ3n) is 4.36. The van der Waals surface area contributed by atoms with E-state index in [9.17, 15) is 4.79 Å². The fourth-order valence-electron chi connectivity index (χ4n) is 2.88. The second kappa shape index (κ2) is 7.59. The smallest absolute Gasteiger partial charge is 0.338 e. The lowest BCUT2D eigenvalue weighted by Gasteiger charge is -2.40. The van der Waals surface area contributed by atoms with Crippen LogP contribution in [0.3, 0.4) is 0 Å². The number of rotatable bonds is 4. The van der Waals surface area contributed by atoms with Crippen molar-refractivity contribution >= 4 is 5.97 Å². The average Bonchev–Trinajstić information content (AvgIpc) is 2.50. The Morgan fingerprint density at radius 1 is 1.27 bits per heavy atom. The van der Waals surface area contributed by atoms with Crippen LogP contribution in [0.5, 0.6) is 0 Å². The molecule has 1 saturated heterocycles. The molecule has 0 N–H and O–H groups in total. The van der Waals surface area contributed by atoms with Gasteiger partial charge in [0.05, 0.1) is 5.56 Å². The zero-order valence-corrected chi connectivity index (χ0v) is 14.1. The molecule has 0 bridgehead atoms. The van der Waals surface area contributed by atoms with Crippen LogP contribution in [-0.2, 0) is 4.74 Å². The van der Waals surface area contributed by atoms with E-state index >= 15 is 0 Å². The maximum Gasteiger partial charge on any atom is 0.338 e. The first-order chi connectivity index (χ1) is 10.5. The molecule has 1 aromatic rings. The molecule has 2 rings (SSSR count). The number of hydrogen-bond acceptors (Lipinski definition) is 3. The van der Waals surface area contributed by atoms with Crippen molar-refractivity contribution < 1.29 is 9.53 Å². The summed E-state index contributed by atoms with van der Waals surface area (Å²) in [5.41, 5.74) is 1.98. The Balaban J connectivity index is 1.94. The molecule has 0 amide bonds. The van der Waals surface area contributed by atoms with Crippen molar-refractivity contribution in [1.82, 2.24) is 4.90 Å². The van der Waals surface area contributed by atoms with Gasteiger partial charge in [0.1, 0.15) is 6.10 Å². The lowest BCUT2D eigenvalue weighted by Crippen LogP contribution is -2.48. The Bertz CT molecular complexity index is 519. The number of nitrogens with zero attached hydrogens (tertiary/aromatic N) is 1. The molecule has 0 saturated carbocycles. The average molecular weight is 301 g/mol. The number of benzene rings is 1. The number of hydrogen-bond donors (Lipinski definition) is 0. The fraction of sp³-hybridized carbons (Fsp3) is 0.526. The normalized spacial score (nSPS) is 25.5. The molecule has 1 aromatic carbocycles. The van der Waals surface area contributed by atoms with Gasteiger partial charge in [0.15, 0.2) is 0 Å². The second-order valence-electron chi connectivity index (χ2n) is 6.61. The van der Waals surface area contributed by atoms with E-state index in [1.54, 1.807) is 12.1 Å². The van der Waals surface area contributed by atoms with Crippen LogP contribution in [0.4, 0.5) is 0 Å². The zero-order chi connectivity index (χ0) is 16.1. The Labute approximate surface area is 134 Å². The van der Waals surface area contributed by atoms with E-state index in [1.165, 1.54) is 5.57 Å². The van der Waals surface area contributed by atoms with Gasteiger partial charge in [-0.25, -0.2) is 4.79 Å². The van der Waals surface area contributed by atoms with Gasteiger partial charge in [0.25, 0.3) is 0 Å². The first-order valence-corrected chi connectivity index (χ1v) is 8.10. The summed E-state index contributed by atoms with van der Waals surface area (Å²) in [7, 11) is 0. The second-order valence-corrected chi connectivity index (χ2v) is 6.61. The highest BCUT2D eigenvalue weighted by atomic mass is 16.5. The van der Waals surface area contributed by atoms with Crippen molar-refractivity contribution in [1.29, 1.82) is 0 Å². The zero-order valence-electron chi connectivity index (χ0n) is 14.1. The highest BCUT2D eigenvalue weighted by Crippen LogP contribution is 2.25. The number of ether oxygens (including phenoxy) is 1. The topological polar surface area (TPSA) is 29.5 Å². The molecule has 3 atom stereocenters. The molecule has 22 heavy (non-hydrogen) atoms. The molecule has 1 aliphatic heterocycles. The van der Waals surface area contributed by atoms with Crippen molar-refractivity contribution in [2.45, 2.75) is 46.3 Å². The molecule has 3 unspecified atom stereocenters. The van der Waals surface area contributed by atoms with Crippen LogP contribution < -0.4 is 0 Å². The summed E-state index contributed by atoms with van der Waals surface area (Å²) in [5, 5.41) is 0. The number of esters is 1. The first-order valence-electron chi connectivity index (χ1n) is 8.10. The largest absolute Gasteiger partial charge is 0.458 e. The quantitative estimate of drug-likeness (QED) is 0.624. The third kappa shape index (κ3) is 4.44. The van der Waals surface area contributed by atoms with Crippen LogP contribution >= 0.6 is 0 Å².